The second-order valence-electron chi connectivity index (χ2n) is 8.40. The van der Waals surface area contributed by atoms with Crippen molar-refractivity contribution < 1.29 is 14.3 Å². The molecule has 2 aliphatic rings. The lowest BCUT2D eigenvalue weighted by molar-refractivity contribution is -0.118. The molecule has 1 aromatic carbocycles. The third-order valence-electron chi connectivity index (χ3n) is 5.45. The summed E-state index contributed by atoms with van der Waals surface area (Å²) in [5.74, 6) is 0.603. The molecule has 1 heterocycles. The predicted molar refractivity (Wildman–Crippen MR) is 109 cm³/mol. The molecule has 3 rings (SSSR count). The molecule has 0 radical (unpaired) electrons. The van der Waals surface area contributed by atoms with Crippen LogP contribution in [0.25, 0.3) is 0 Å². The number of carbonyl (C=O) groups is 1. The normalized spacial score (nSPS) is 23.6. The molecule has 0 aromatic heterocycles. The van der Waals surface area contributed by atoms with Gasteiger partial charge in [-0.05, 0) is 42.9 Å². The van der Waals surface area contributed by atoms with Crippen LogP contribution < -0.4 is 9.47 Å². The first-order valence-corrected chi connectivity index (χ1v) is 9.83. The molecule has 0 saturated carbocycles. The number of aliphatic imine (C=N–C) groups is 1. The first kappa shape index (κ1) is 20.1. The van der Waals surface area contributed by atoms with Gasteiger partial charge in [0, 0.05) is 29.3 Å². The molecule has 5 nitrogen and oxygen atoms in total. The lowest BCUT2D eigenvalue weighted by atomic mass is 9.67. The molecule has 0 N–H and O–H groups in total. The Labute approximate surface area is 167 Å². The number of rotatable bonds is 5. The van der Waals surface area contributed by atoms with E-state index in [9.17, 15) is 10.1 Å². The fraction of sp³-hybridized carbons (Fsp3) is 0.522. The van der Waals surface area contributed by atoms with Gasteiger partial charge in [-0.25, -0.2) is 0 Å². The maximum absolute atomic E-state index is 13.1. The summed E-state index contributed by atoms with van der Waals surface area (Å²) in [7, 11) is 1.60. The van der Waals surface area contributed by atoms with Gasteiger partial charge in [-0.1, -0.05) is 26.8 Å². The first-order valence-electron chi connectivity index (χ1n) is 9.83. The van der Waals surface area contributed by atoms with Crippen molar-refractivity contribution in [1.82, 2.24) is 0 Å². The SMILES string of the molecule is CCCOc1ccc([C@H]2C3=C(CC(C)(C)CC3=O)N=C(C)C2C#N)cc1OC. The average molecular weight is 380 g/mol. The zero-order valence-electron chi connectivity index (χ0n) is 17.3. The molecular formula is C23H28N2O3. The minimum Gasteiger partial charge on any atom is -0.493 e. The number of benzene rings is 1. The Balaban J connectivity index is 2.10. The molecular weight excluding hydrogens is 352 g/mol. The average Bonchev–Trinajstić information content (AvgIpc) is 2.64. The molecule has 28 heavy (non-hydrogen) atoms. The molecule has 1 unspecified atom stereocenters. The monoisotopic (exact) mass is 380 g/mol. The van der Waals surface area contributed by atoms with Crippen LogP contribution in [-0.4, -0.2) is 25.2 Å². The van der Waals surface area contributed by atoms with E-state index >= 15 is 0 Å². The molecule has 148 valence electrons. The van der Waals surface area contributed by atoms with Crippen LogP contribution in [0.2, 0.25) is 0 Å². The van der Waals surface area contributed by atoms with Crippen molar-refractivity contribution in [1.29, 1.82) is 5.26 Å². The van der Waals surface area contributed by atoms with Crippen LogP contribution in [0.5, 0.6) is 11.5 Å². The molecule has 0 amide bonds. The van der Waals surface area contributed by atoms with Crippen LogP contribution in [-0.2, 0) is 4.79 Å². The summed E-state index contributed by atoms with van der Waals surface area (Å²) in [6, 6.07) is 8.09. The summed E-state index contributed by atoms with van der Waals surface area (Å²) in [5, 5.41) is 9.85. The van der Waals surface area contributed by atoms with E-state index in [1.54, 1.807) is 7.11 Å². The second-order valence-corrected chi connectivity index (χ2v) is 8.40. The van der Waals surface area contributed by atoms with Gasteiger partial charge in [0.2, 0.25) is 0 Å². The zero-order valence-corrected chi connectivity index (χ0v) is 17.3. The minimum atomic E-state index is -0.462. The van der Waals surface area contributed by atoms with Crippen LogP contribution in [0.1, 0.15) is 58.4 Å². The molecule has 0 spiro atoms. The van der Waals surface area contributed by atoms with Gasteiger partial charge >= 0.3 is 0 Å². The smallest absolute Gasteiger partial charge is 0.161 e. The number of methoxy groups -OCH3 is 1. The third kappa shape index (κ3) is 3.69. The Hall–Kier alpha value is -2.61. The van der Waals surface area contributed by atoms with E-state index in [0.717, 1.165) is 29.8 Å². The van der Waals surface area contributed by atoms with E-state index in [-0.39, 0.29) is 17.1 Å². The number of allylic oxidation sites excluding steroid dienone is 2. The van der Waals surface area contributed by atoms with Crippen molar-refractivity contribution in [3.05, 3.63) is 35.0 Å². The van der Waals surface area contributed by atoms with Gasteiger partial charge < -0.3 is 9.47 Å². The van der Waals surface area contributed by atoms with Crippen molar-refractivity contribution >= 4 is 11.5 Å². The summed E-state index contributed by atoms with van der Waals surface area (Å²) < 4.78 is 11.3. The standard InChI is InChI=1S/C23H28N2O3/c1-6-9-28-19-8-7-15(10-20(19)27-5)21-16(13-24)14(2)25-17-11-23(3,4)12-18(26)22(17)21/h7-8,10,16,21H,6,9,11-12H2,1-5H3/t16?,21-/m1/s1. The van der Waals surface area contributed by atoms with Gasteiger partial charge in [0.05, 0.1) is 25.7 Å². The summed E-state index contributed by atoms with van der Waals surface area (Å²) >= 11 is 0. The predicted octanol–water partition coefficient (Wildman–Crippen LogP) is 4.83. The largest absolute Gasteiger partial charge is 0.493 e. The fourth-order valence-corrected chi connectivity index (χ4v) is 4.18. The van der Waals surface area contributed by atoms with Crippen LogP contribution >= 0.6 is 0 Å². The van der Waals surface area contributed by atoms with E-state index < -0.39 is 5.92 Å². The molecule has 1 aliphatic heterocycles. The zero-order chi connectivity index (χ0) is 20.5. The molecule has 1 aliphatic carbocycles. The molecule has 0 bridgehead atoms. The molecule has 1 aromatic rings. The van der Waals surface area contributed by atoms with E-state index in [0.29, 0.717) is 30.1 Å². The third-order valence-corrected chi connectivity index (χ3v) is 5.45. The maximum atomic E-state index is 13.1. The fourth-order valence-electron chi connectivity index (χ4n) is 4.18. The molecule has 0 fully saturated rings. The molecule has 2 atom stereocenters. The van der Waals surface area contributed by atoms with Crippen molar-refractivity contribution in [3.8, 4) is 17.6 Å². The van der Waals surface area contributed by atoms with E-state index in [1.165, 1.54) is 0 Å². The van der Waals surface area contributed by atoms with Gasteiger partial charge in [-0.2, -0.15) is 5.26 Å². The van der Waals surface area contributed by atoms with Gasteiger partial charge in [-0.3, -0.25) is 9.79 Å². The van der Waals surface area contributed by atoms with Gasteiger partial charge in [0.25, 0.3) is 0 Å². The van der Waals surface area contributed by atoms with E-state index in [4.69, 9.17) is 9.47 Å². The van der Waals surface area contributed by atoms with Crippen LogP contribution in [0.4, 0.5) is 0 Å². The van der Waals surface area contributed by atoms with Crippen molar-refractivity contribution in [2.75, 3.05) is 13.7 Å². The van der Waals surface area contributed by atoms with Gasteiger partial charge in [-0.15, -0.1) is 0 Å². The number of Topliss-reactive ketones (excluding diaryl/α,β-unsaturated/α-hetero) is 1. The highest BCUT2D eigenvalue weighted by Crippen LogP contribution is 2.48. The number of carbonyl (C=O) groups excluding carboxylic acids is 1. The lowest BCUT2D eigenvalue weighted by Crippen LogP contribution is -2.35. The summed E-state index contributed by atoms with van der Waals surface area (Å²) in [6.45, 7) is 8.72. The van der Waals surface area contributed by atoms with Crippen LogP contribution in [0, 0.1) is 22.7 Å². The number of ketones is 1. The van der Waals surface area contributed by atoms with Crippen LogP contribution in [0.3, 0.4) is 0 Å². The Morgan fingerprint density at radius 3 is 2.68 bits per heavy atom. The Morgan fingerprint density at radius 1 is 1.29 bits per heavy atom. The molecule has 5 heteroatoms. The van der Waals surface area contributed by atoms with Crippen molar-refractivity contribution in [2.24, 2.45) is 16.3 Å². The second kappa shape index (κ2) is 7.79. The Kier molecular flexibility index (Phi) is 5.60. The quantitative estimate of drug-likeness (QED) is 0.734. The van der Waals surface area contributed by atoms with Gasteiger partial charge in [0.1, 0.15) is 0 Å². The molecule has 0 saturated heterocycles. The van der Waals surface area contributed by atoms with Crippen molar-refractivity contribution in [3.63, 3.8) is 0 Å². The minimum absolute atomic E-state index is 0.0954. The Bertz CT molecular complexity index is 890. The number of nitrogens with zero attached hydrogens (tertiary/aromatic N) is 2. The summed E-state index contributed by atoms with van der Waals surface area (Å²) in [4.78, 5) is 17.7. The number of hydrogen-bond acceptors (Lipinski definition) is 5. The van der Waals surface area contributed by atoms with E-state index in [1.807, 2.05) is 32.0 Å². The van der Waals surface area contributed by atoms with E-state index in [2.05, 4.69) is 24.9 Å². The highest BCUT2D eigenvalue weighted by Gasteiger charge is 2.43. The highest BCUT2D eigenvalue weighted by atomic mass is 16.5. The number of hydrogen-bond donors (Lipinski definition) is 0. The first-order chi connectivity index (χ1) is 13.3. The van der Waals surface area contributed by atoms with Gasteiger partial charge in [0.15, 0.2) is 17.3 Å². The Morgan fingerprint density at radius 2 is 2.04 bits per heavy atom. The summed E-state index contributed by atoms with van der Waals surface area (Å²) in [5.41, 5.74) is 3.07. The topological polar surface area (TPSA) is 71.7 Å². The highest BCUT2D eigenvalue weighted by molar-refractivity contribution is 6.03. The number of nitriles is 1. The number of ether oxygens (including phenoxy) is 2. The lowest BCUT2D eigenvalue weighted by Gasteiger charge is -2.38. The van der Waals surface area contributed by atoms with Crippen LogP contribution in [0.15, 0.2) is 34.5 Å². The summed E-state index contributed by atoms with van der Waals surface area (Å²) in [6.07, 6.45) is 2.12. The maximum Gasteiger partial charge on any atom is 0.161 e. The van der Waals surface area contributed by atoms with Crippen molar-refractivity contribution in [2.45, 2.75) is 52.9 Å².